The van der Waals surface area contributed by atoms with Gasteiger partial charge in [0.15, 0.2) is 0 Å². The van der Waals surface area contributed by atoms with Gasteiger partial charge in [-0.3, -0.25) is 9.78 Å². The summed E-state index contributed by atoms with van der Waals surface area (Å²) in [6.07, 6.45) is 9.72. The number of aryl methyl sites for hydroxylation is 1. The van der Waals surface area contributed by atoms with Crippen LogP contribution in [0.25, 0.3) is 16.2 Å². The first-order valence-electron chi connectivity index (χ1n) is 7.46. The largest absolute Gasteiger partial charge is 0.315 e. The van der Waals surface area contributed by atoms with Crippen LogP contribution in [0.3, 0.4) is 0 Å². The molecular weight excluding hydrogens is 339 g/mol. The highest BCUT2D eigenvalue weighted by Gasteiger charge is 2.09. The molecule has 0 saturated carbocycles. The number of rotatable bonds is 4. The topological polar surface area (TPSA) is 42.0 Å². The summed E-state index contributed by atoms with van der Waals surface area (Å²) < 4.78 is 0. The number of halogens is 1. The molecule has 0 bridgehead atoms. The number of terminal acetylenes is 1. The van der Waals surface area contributed by atoms with Crippen molar-refractivity contribution < 1.29 is 4.79 Å². The molecule has 1 aromatic heterocycles. The number of allylic oxidation sites excluding steroid dienone is 1. The smallest absolute Gasteiger partial charge is 0.300 e. The van der Waals surface area contributed by atoms with Crippen molar-refractivity contribution in [2.45, 2.75) is 20.3 Å². The van der Waals surface area contributed by atoms with E-state index in [0.717, 1.165) is 34.1 Å². The van der Waals surface area contributed by atoms with Crippen LogP contribution in [0.2, 0.25) is 0 Å². The molecule has 5 heteroatoms. The third-order valence-corrected chi connectivity index (χ3v) is 4.35. The second-order valence-electron chi connectivity index (χ2n) is 5.22. The summed E-state index contributed by atoms with van der Waals surface area (Å²) in [5, 5.41) is 4.23. The zero-order valence-corrected chi connectivity index (χ0v) is 15.5. The molecule has 24 heavy (non-hydrogen) atoms. The van der Waals surface area contributed by atoms with Gasteiger partial charge >= 0.3 is 0 Å². The molecule has 0 aliphatic rings. The molecule has 1 heterocycles. The Morgan fingerprint density at radius 1 is 1.42 bits per heavy atom. The lowest BCUT2D eigenvalue weighted by Gasteiger charge is -2.11. The van der Waals surface area contributed by atoms with Gasteiger partial charge < -0.3 is 5.32 Å². The van der Waals surface area contributed by atoms with E-state index in [1.54, 1.807) is 6.20 Å². The van der Waals surface area contributed by atoms with Crippen LogP contribution in [0.15, 0.2) is 36.5 Å². The third kappa shape index (κ3) is 4.23. The summed E-state index contributed by atoms with van der Waals surface area (Å²) in [5.74, 6) is 1.57. The van der Waals surface area contributed by atoms with Crippen molar-refractivity contribution >= 4 is 42.8 Å². The van der Waals surface area contributed by atoms with Crippen LogP contribution in [0.4, 0.5) is 5.69 Å². The van der Waals surface area contributed by atoms with E-state index in [9.17, 15) is 4.79 Å². The van der Waals surface area contributed by atoms with Crippen LogP contribution in [0.1, 0.15) is 24.6 Å². The van der Waals surface area contributed by atoms with Crippen molar-refractivity contribution in [1.82, 2.24) is 4.98 Å². The Labute approximate surface area is 149 Å². The normalized spacial score (nSPS) is 11.0. The van der Waals surface area contributed by atoms with Gasteiger partial charge in [-0.25, -0.2) is 0 Å². The first kappa shape index (κ1) is 18.2. The Morgan fingerprint density at radius 2 is 2.17 bits per heavy atom. The van der Waals surface area contributed by atoms with E-state index in [1.807, 2.05) is 50.1 Å². The Morgan fingerprint density at radius 3 is 2.83 bits per heavy atom. The van der Waals surface area contributed by atoms with Crippen LogP contribution < -0.4 is 10.6 Å². The molecule has 0 saturated heterocycles. The average Bonchev–Trinajstić information content (AvgIpc) is 2.57. The molecule has 0 radical (unpaired) electrons. The molecule has 0 aliphatic heterocycles. The van der Waals surface area contributed by atoms with Gasteiger partial charge in [-0.15, -0.1) is 15.7 Å². The Kier molecular flexibility index (Phi) is 6.15. The van der Waals surface area contributed by atoms with Crippen molar-refractivity contribution in [2.24, 2.45) is 0 Å². The highest BCUT2D eigenvalue weighted by molar-refractivity contribution is 7.28. The second-order valence-corrected chi connectivity index (χ2v) is 6.25. The maximum atomic E-state index is 11.4. The lowest BCUT2D eigenvalue weighted by atomic mass is 10.0. The minimum atomic E-state index is -0.479. The van der Waals surface area contributed by atoms with E-state index in [2.05, 4.69) is 19.5 Å². The molecule has 0 spiro atoms. The van der Waals surface area contributed by atoms with E-state index in [1.165, 1.54) is 0 Å². The van der Waals surface area contributed by atoms with Gasteiger partial charge in [-0.1, -0.05) is 36.7 Å². The number of pyridine rings is 1. The molecular formula is C19H18ClN2OP. The third-order valence-electron chi connectivity index (χ3n) is 3.49. The Hall–Kier alpha value is -2.14. The molecule has 122 valence electrons. The molecule has 1 atom stereocenters. The number of aromatic nitrogens is 1. The van der Waals surface area contributed by atoms with Gasteiger partial charge in [-0.05, 0) is 42.3 Å². The molecule has 1 N–H and O–H groups in total. The fraction of sp³-hybridized carbons (Fsp3) is 0.158. The van der Waals surface area contributed by atoms with Crippen LogP contribution in [-0.2, 0) is 4.79 Å². The van der Waals surface area contributed by atoms with Crippen molar-refractivity contribution in [2.75, 3.05) is 5.32 Å². The zero-order valence-electron chi connectivity index (χ0n) is 13.6. The predicted octanol–water partition coefficient (Wildman–Crippen LogP) is 4.12. The first-order valence-corrected chi connectivity index (χ1v) is 8.42. The van der Waals surface area contributed by atoms with Crippen molar-refractivity contribution in [3.8, 4) is 23.5 Å². The molecule has 1 unspecified atom stereocenters. The quantitative estimate of drug-likeness (QED) is 0.661. The van der Waals surface area contributed by atoms with Gasteiger partial charge in [0.25, 0.3) is 5.91 Å². The number of carbonyl (C=O) groups excluding carboxylic acids is 1. The molecule has 1 amide bonds. The number of nitrogens with zero attached hydrogens (tertiary/aromatic N) is 1. The number of hydrogen-bond acceptors (Lipinski definition) is 2. The monoisotopic (exact) mass is 356 g/mol. The summed E-state index contributed by atoms with van der Waals surface area (Å²) in [6.45, 7) is 3.96. The molecule has 3 nitrogen and oxygen atoms in total. The minimum absolute atomic E-state index is 0.479. The van der Waals surface area contributed by atoms with Gasteiger partial charge in [0.05, 0.1) is 0 Å². The first-order chi connectivity index (χ1) is 11.5. The molecule has 2 aromatic rings. The van der Waals surface area contributed by atoms with Gasteiger partial charge in [0, 0.05) is 33.7 Å². The summed E-state index contributed by atoms with van der Waals surface area (Å²) in [4.78, 5) is 15.9. The summed E-state index contributed by atoms with van der Waals surface area (Å²) in [5.41, 5.74) is 4.26. The van der Waals surface area contributed by atoms with Crippen LogP contribution >= 0.6 is 20.8 Å². The minimum Gasteiger partial charge on any atom is -0.315 e. The maximum absolute atomic E-state index is 11.4. The lowest BCUT2D eigenvalue weighted by Crippen LogP contribution is -2.13. The van der Waals surface area contributed by atoms with Crippen molar-refractivity contribution in [3.05, 3.63) is 47.8 Å². The van der Waals surface area contributed by atoms with Gasteiger partial charge in [0.2, 0.25) is 0 Å². The highest BCUT2D eigenvalue weighted by atomic mass is 35.5. The molecule has 2 rings (SSSR count). The standard InChI is InChI=1S/C19H18ClN2OP/c1-4-6-16(20)15-9-14(11-21-12(15)3)13-7-8-18(24)17(10-13)22-19(23)5-2/h2,6-11H,4,24H2,1,3H3,(H,22,23)/b16-6+. The summed E-state index contributed by atoms with van der Waals surface area (Å²) in [6, 6.07) is 7.73. The molecule has 1 aromatic carbocycles. The summed E-state index contributed by atoms with van der Waals surface area (Å²) in [7, 11) is 2.57. The number of anilines is 1. The Bertz CT molecular complexity index is 853. The SMILES string of the molecule is C#CC(=O)Nc1cc(-c2cnc(C)c(/C(Cl)=C\CC)c2)ccc1P. The average molecular weight is 357 g/mol. The van der Waals surface area contributed by atoms with Crippen LogP contribution in [-0.4, -0.2) is 10.9 Å². The second kappa shape index (κ2) is 8.11. The van der Waals surface area contributed by atoms with Crippen molar-refractivity contribution in [3.63, 3.8) is 0 Å². The van der Waals surface area contributed by atoms with Crippen LogP contribution in [0.5, 0.6) is 0 Å². The predicted molar refractivity (Wildman–Crippen MR) is 105 cm³/mol. The zero-order chi connectivity index (χ0) is 17.7. The Balaban J connectivity index is 2.47. The lowest BCUT2D eigenvalue weighted by molar-refractivity contribution is -0.111. The molecule has 0 aliphatic carbocycles. The van der Waals surface area contributed by atoms with E-state index in [4.69, 9.17) is 18.0 Å². The van der Waals surface area contributed by atoms with E-state index in [-0.39, 0.29) is 0 Å². The highest BCUT2D eigenvalue weighted by Crippen LogP contribution is 2.28. The number of carbonyl (C=O) groups is 1. The number of benzene rings is 1. The van der Waals surface area contributed by atoms with Crippen molar-refractivity contribution in [1.29, 1.82) is 0 Å². The fourth-order valence-electron chi connectivity index (χ4n) is 2.22. The van der Waals surface area contributed by atoms with E-state index >= 15 is 0 Å². The number of nitrogens with one attached hydrogen (secondary N) is 1. The summed E-state index contributed by atoms with van der Waals surface area (Å²) >= 11 is 6.35. The maximum Gasteiger partial charge on any atom is 0.300 e. The van der Waals surface area contributed by atoms with Gasteiger partial charge in [-0.2, -0.15) is 0 Å². The van der Waals surface area contributed by atoms with Gasteiger partial charge in [0.1, 0.15) is 0 Å². The van der Waals surface area contributed by atoms with E-state index in [0.29, 0.717) is 10.7 Å². The fourth-order valence-corrected chi connectivity index (χ4v) is 2.82. The number of hydrogen-bond donors (Lipinski definition) is 1. The van der Waals surface area contributed by atoms with E-state index < -0.39 is 5.91 Å². The number of amides is 1. The van der Waals surface area contributed by atoms with Crippen LogP contribution in [0, 0.1) is 19.3 Å². The molecule has 0 fully saturated rings.